The van der Waals surface area contributed by atoms with E-state index in [0.29, 0.717) is 17.6 Å². The van der Waals surface area contributed by atoms with Crippen molar-refractivity contribution >= 4 is 23.4 Å². The first-order chi connectivity index (χ1) is 13.0. The van der Waals surface area contributed by atoms with Crippen LogP contribution in [0.25, 0.3) is 5.95 Å². The van der Waals surface area contributed by atoms with Crippen LogP contribution in [0, 0.1) is 13.8 Å². The SMILES string of the molecule is C=CCN(C(=O)CSc1nnc(-n2nc(C)cc2C)n1N)c1ccccc1. The molecule has 0 fully saturated rings. The Labute approximate surface area is 161 Å². The number of hydrogen-bond donors (Lipinski definition) is 1. The molecule has 3 aromatic rings. The third-order valence-electron chi connectivity index (χ3n) is 3.85. The van der Waals surface area contributed by atoms with Crippen molar-refractivity contribution < 1.29 is 4.79 Å². The van der Waals surface area contributed by atoms with Gasteiger partial charge in [0.25, 0.3) is 5.95 Å². The van der Waals surface area contributed by atoms with Gasteiger partial charge in [-0.3, -0.25) is 4.79 Å². The van der Waals surface area contributed by atoms with Gasteiger partial charge in [0.15, 0.2) is 0 Å². The first-order valence-corrected chi connectivity index (χ1v) is 9.33. The fourth-order valence-corrected chi connectivity index (χ4v) is 3.36. The third-order valence-corrected chi connectivity index (χ3v) is 4.78. The number of aromatic nitrogens is 5. The molecule has 2 heterocycles. The molecule has 9 heteroatoms. The molecule has 1 amide bonds. The lowest BCUT2D eigenvalue weighted by Gasteiger charge is -2.20. The summed E-state index contributed by atoms with van der Waals surface area (Å²) in [4.78, 5) is 14.4. The van der Waals surface area contributed by atoms with E-state index in [4.69, 9.17) is 5.84 Å². The lowest BCUT2D eigenvalue weighted by atomic mass is 10.3. The Bertz CT molecular complexity index is 948. The molecule has 0 aliphatic carbocycles. The highest BCUT2D eigenvalue weighted by Crippen LogP contribution is 2.20. The van der Waals surface area contributed by atoms with Crippen molar-refractivity contribution in [3.63, 3.8) is 0 Å². The average molecular weight is 383 g/mol. The van der Waals surface area contributed by atoms with Crippen molar-refractivity contribution in [1.82, 2.24) is 24.7 Å². The van der Waals surface area contributed by atoms with Gasteiger partial charge in [0.05, 0.1) is 11.4 Å². The van der Waals surface area contributed by atoms with Crippen LogP contribution in [0.5, 0.6) is 0 Å². The Hall–Kier alpha value is -3.07. The second kappa shape index (κ2) is 8.09. The molecule has 0 saturated heterocycles. The fraction of sp³-hybridized carbons (Fsp3) is 0.222. The molecule has 1 aromatic carbocycles. The standard InChI is InChI=1S/C18H21N7OS/c1-4-10-23(15-8-6-5-7-9-15)16(26)12-27-18-21-20-17(24(18)19)25-14(3)11-13(2)22-25/h4-9,11H,1,10,12,19H2,2-3H3. The van der Waals surface area contributed by atoms with Crippen LogP contribution in [-0.2, 0) is 4.79 Å². The normalized spacial score (nSPS) is 10.7. The van der Waals surface area contributed by atoms with Gasteiger partial charge in [-0.1, -0.05) is 36.0 Å². The number of aryl methyl sites for hydroxylation is 2. The van der Waals surface area contributed by atoms with Gasteiger partial charge in [-0.2, -0.15) is 5.10 Å². The number of nitrogens with zero attached hydrogens (tertiary/aromatic N) is 6. The maximum absolute atomic E-state index is 12.7. The highest BCUT2D eigenvalue weighted by molar-refractivity contribution is 7.99. The van der Waals surface area contributed by atoms with E-state index >= 15 is 0 Å². The molecule has 0 saturated carbocycles. The first-order valence-electron chi connectivity index (χ1n) is 8.34. The van der Waals surface area contributed by atoms with E-state index in [1.54, 1.807) is 15.7 Å². The Kier molecular flexibility index (Phi) is 5.60. The van der Waals surface area contributed by atoms with Crippen LogP contribution >= 0.6 is 11.8 Å². The molecule has 2 N–H and O–H groups in total. The minimum atomic E-state index is -0.0678. The van der Waals surface area contributed by atoms with Gasteiger partial charge >= 0.3 is 0 Å². The minimum Gasteiger partial charge on any atom is -0.334 e. The lowest BCUT2D eigenvalue weighted by molar-refractivity contribution is -0.116. The van der Waals surface area contributed by atoms with Gasteiger partial charge in [-0.15, -0.1) is 16.8 Å². The number of para-hydroxylation sites is 1. The predicted molar refractivity (Wildman–Crippen MR) is 106 cm³/mol. The largest absolute Gasteiger partial charge is 0.334 e. The van der Waals surface area contributed by atoms with Crippen LogP contribution in [0.15, 0.2) is 54.2 Å². The zero-order valence-corrected chi connectivity index (χ0v) is 16.1. The summed E-state index contributed by atoms with van der Waals surface area (Å²) >= 11 is 1.23. The van der Waals surface area contributed by atoms with Crippen molar-refractivity contribution in [1.29, 1.82) is 0 Å². The Balaban J connectivity index is 1.73. The van der Waals surface area contributed by atoms with Gasteiger partial charge in [0.2, 0.25) is 11.1 Å². The van der Waals surface area contributed by atoms with Crippen molar-refractivity contribution in [3.8, 4) is 5.95 Å². The Morgan fingerprint density at radius 1 is 1.30 bits per heavy atom. The number of hydrogen-bond acceptors (Lipinski definition) is 6. The first kappa shape index (κ1) is 18.7. The lowest BCUT2D eigenvalue weighted by Crippen LogP contribution is -2.32. The molecule has 0 bridgehead atoms. The minimum absolute atomic E-state index is 0.0678. The van der Waals surface area contributed by atoms with Crippen LogP contribution in [0.1, 0.15) is 11.4 Å². The number of benzene rings is 1. The van der Waals surface area contributed by atoms with Crippen molar-refractivity contribution in [3.05, 3.63) is 60.4 Å². The molecule has 3 rings (SSSR count). The molecule has 27 heavy (non-hydrogen) atoms. The van der Waals surface area contributed by atoms with Gasteiger partial charge in [-0.25, -0.2) is 9.36 Å². The summed E-state index contributed by atoms with van der Waals surface area (Å²) in [5.41, 5.74) is 2.59. The third kappa shape index (κ3) is 4.03. The second-order valence-corrected chi connectivity index (χ2v) is 6.85. The van der Waals surface area contributed by atoms with E-state index in [1.807, 2.05) is 50.2 Å². The summed E-state index contributed by atoms with van der Waals surface area (Å²) in [5, 5.41) is 13.0. The van der Waals surface area contributed by atoms with Crippen LogP contribution in [-0.4, -0.2) is 42.9 Å². The average Bonchev–Trinajstić information content (AvgIpc) is 3.19. The summed E-state index contributed by atoms with van der Waals surface area (Å²) in [5.74, 6) is 6.63. The molecule has 0 aliphatic rings. The summed E-state index contributed by atoms with van der Waals surface area (Å²) in [7, 11) is 0. The van der Waals surface area contributed by atoms with Crippen molar-refractivity contribution in [2.45, 2.75) is 19.0 Å². The second-order valence-electron chi connectivity index (χ2n) is 5.91. The predicted octanol–water partition coefficient (Wildman–Crippen LogP) is 2.11. The summed E-state index contributed by atoms with van der Waals surface area (Å²) < 4.78 is 2.97. The van der Waals surface area contributed by atoms with Crippen LogP contribution in [0.3, 0.4) is 0 Å². The smallest absolute Gasteiger partial charge is 0.271 e. The molecule has 140 valence electrons. The number of nitrogens with two attached hydrogens (primary N) is 1. The molecule has 0 unspecified atom stereocenters. The maximum Gasteiger partial charge on any atom is 0.271 e. The molecule has 0 radical (unpaired) electrons. The summed E-state index contributed by atoms with van der Waals surface area (Å²) in [6.07, 6.45) is 1.70. The van der Waals surface area contributed by atoms with E-state index in [9.17, 15) is 4.79 Å². The molecular formula is C18H21N7OS. The van der Waals surface area contributed by atoms with Gasteiger partial charge in [0.1, 0.15) is 0 Å². The maximum atomic E-state index is 12.7. The molecule has 2 aromatic heterocycles. The number of rotatable bonds is 7. The highest BCUT2D eigenvalue weighted by atomic mass is 32.2. The van der Waals surface area contributed by atoms with E-state index in [0.717, 1.165) is 17.1 Å². The Morgan fingerprint density at radius 2 is 2.04 bits per heavy atom. The number of thioether (sulfide) groups is 1. The van der Waals surface area contributed by atoms with E-state index < -0.39 is 0 Å². The monoisotopic (exact) mass is 383 g/mol. The highest BCUT2D eigenvalue weighted by Gasteiger charge is 2.19. The van der Waals surface area contributed by atoms with Crippen LogP contribution < -0.4 is 10.7 Å². The summed E-state index contributed by atoms with van der Waals surface area (Å²) in [6.45, 7) is 7.97. The number of carbonyl (C=O) groups excluding carboxylic acids is 1. The molecule has 8 nitrogen and oxygen atoms in total. The quantitative estimate of drug-likeness (QED) is 0.381. The van der Waals surface area contributed by atoms with Crippen molar-refractivity contribution in [2.75, 3.05) is 23.0 Å². The number of carbonyl (C=O) groups is 1. The Morgan fingerprint density at radius 3 is 2.67 bits per heavy atom. The zero-order valence-electron chi connectivity index (χ0n) is 15.2. The van der Waals surface area contributed by atoms with Gasteiger partial charge in [-0.05, 0) is 32.0 Å². The molecule has 0 aliphatic heterocycles. The van der Waals surface area contributed by atoms with E-state index in [1.165, 1.54) is 16.4 Å². The van der Waals surface area contributed by atoms with Crippen LogP contribution in [0.2, 0.25) is 0 Å². The number of nitrogen functional groups attached to an aromatic ring is 1. The number of anilines is 1. The molecule has 0 atom stereocenters. The van der Waals surface area contributed by atoms with E-state index in [2.05, 4.69) is 21.9 Å². The fourth-order valence-electron chi connectivity index (χ4n) is 2.64. The van der Waals surface area contributed by atoms with Gasteiger partial charge < -0.3 is 10.7 Å². The van der Waals surface area contributed by atoms with E-state index in [-0.39, 0.29) is 11.7 Å². The molecule has 0 spiro atoms. The van der Waals surface area contributed by atoms with Crippen molar-refractivity contribution in [2.24, 2.45) is 0 Å². The zero-order chi connectivity index (χ0) is 19.4. The molecular weight excluding hydrogens is 362 g/mol. The number of amides is 1. The summed E-state index contributed by atoms with van der Waals surface area (Å²) in [6, 6.07) is 11.4. The van der Waals surface area contributed by atoms with Gasteiger partial charge in [0, 0.05) is 17.9 Å². The van der Waals surface area contributed by atoms with Crippen LogP contribution in [0.4, 0.5) is 5.69 Å². The topological polar surface area (TPSA) is 94.9 Å².